The summed E-state index contributed by atoms with van der Waals surface area (Å²) in [4.78, 5) is 11.5. The van der Waals surface area contributed by atoms with Gasteiger partial charge in [-0.1, -0.05) is 24.3 Å². The number of anilines is 2. The predicted octanol–water partition coefficient (Wildman–Crippen LogP) is 3.16. The molecule has 180 valence electrons. The Bertz CT molecular complexity index is 1210. The maximum atomic E-state index is 13.5. The minimum absolute atomic E-state index is 0.0934. The van der Waals surface area contributed by atoms with Crippen molar-refractivity contribution in [1.82, 2.24) is 20.2 Å². The van der Waals surface area contributed by atoms with Crippen molar-refractivity contribution >= 4 is 32.9 Å². The molecule has 1 saturated heterocycles. The van der Waals surface area contributed by atoms with Crippen LogP contribution in [0.25, 0.3) is 11.1 Å². The lowest BCUT2D eigenvalue weighted by Gasteiger charge is -2.36. The van der Waals surface area contributed by atoms with Crippen LogP contribution in [-0.2, 0) is 16.4 Å². The maximum absolute atomic E-state index is 13.5. The van der Waals surface area contributed by atoms with Gasteiger partial charge in [0.05, 0.1) is 4.90 Å². The number of sulfone groups is 1. The monoisotopic (exact) mass is 498 g/mol. The molecule has 0 spiro atoms. The molecule has 0 radical (unpaired) electrons. The fraction of sp³-hybridized carbons (Fsp3) is 0.333. The van der Waals surface area contributed by atoms with Crippen LogP contribution in [0.3, 0.4) is 0 Å². The largest absolute Gasteiger partial charge is 0.383 e. The smallest absolute Gasteiger partial charge is 0.221 e. The zero-order valence-electron chi connectivity index (χ0n) is 18.9. The van der Waals surface area contributed by atoms with E-state index in [2.05, 4.69) is 39.4 Å². The average molecular weight is 499 g/mol. The molecule has 0 bridgehead atoms. The number of aromatic nitrogens is 2. The molecular weight excluding hydrogens is 468 g/mol. The summed E-state index contributed by atoms with van der Waals surface area (Å²) in [6.07, 6.45) is 5.11. The third-order valence-corrected chi connectivity index (χ3v) is 9.00. The quantitative estimate of drug-likeness (QED) is 0.384. The average Bonchev–Trinajstić information content (AvgIpc) is 3.33. The van der Waals surface area contributed by atoms with Crippen molar-refractivity contribution in [3.63, 3.8) is 0 Å². The molecule has 3 aromatic rings. The Labute approximate surface area is 204 Å². The lowest BCUT2D eigenvalue weighted by Crippen LogP contribution is -2.47. The first-order valence-corrected chi connectivity index (χ1v) is 13.6. The van der Waals surface area contributed by atoms with E-state index in [1.54, 1.807) is 35.6 Å². The molecule has 5 N–H and O–H groups in total. The number of thiophene rings is 1. The van der Waals surface area contributed by atoms with Gasteiger partial charge in [-0.3, -0.25) is 4.90 Å². The highest BCUT2D eigenvalue weighted by atomic mass is 32.2. The number of nitrogen functional groups attached to an aromatic ring is 2. The summed E-state index contributed by atoms with van der Waals surface area (Å²) < 4.78 is 27.0. The van der Waals surface area contributed by atoms with Crippen molar-refractivity contribution in [3.8, 4) is 11.1 Å². The molecular formula is C24H30N6O2S2. The minimum Gasteiger partial charge on any atom is -0.383 e. The molecule has 2 aromatic heterocycles. The third-order valence-electron chi connectivity index (χ3n) is 6.07. The summed E-state index contributed by atoms with van der Waals surface area (Å²) in [6, 6.07) is 10.8. The lowest BCUT2D eigenvalue weighted by atomic mass is 9.98. The molecule has 0 amide bonds. The Morgan fingerprint density at radius 1 is 1.26 bits per heavy atom. The van der Waals surface area contributed by atoms with Crippen molar-refractivity contribution in [2.75, 3.05) is 31.1 Å². The van der Waals surface area contributed by atoms with Crippen molar-refractivity contribution < 1.29 is 8.42 Å². The zero-order chi connectivity index (χ0) is 24.1. The van der Waals surface area contributed by atoms with E-state index in [-0.39, 0.29) is 16.7 Å². The molecule has 2 atom stereocenters. The normalized spacial score (nSPS) is 17.9. The van der Waals surface area contributed by atoms with Gasteiger partial charge in [-0.15, -0.1) is 17.9 Å². The van der Waals surface area contributed by atoms with Crippen molar-refractivity contribution in [2.45, 2.75) is 29.7 Å². The van der Waals surface area contributed by atoms with Gasteiger partial charge in [-0.25, -0.2) is 13.4 Å². The second kappa shape index (κ2) is 10.6. The Morgan fingerprint density at radius 3 is 2.74 bits per heavy atom. The van der Waals surface area contributed by atoms with Gasteiger partial charge in [0.15, 0.2) is 9.84 Å². The highest BCUT2D eigenvalue weighted by Gasteiger charge is 2.33. The fourth-order valence-corrected chi connectivity index (χ4v) is 6.68. The summed E-state index contributed by atoms with van der Waals surface area (Å²) in [5, 5.41) is 4.81. The zero-order valence-corrected chi connectivity index (χ0v) is 20.6. The number of nitrogens with zero attached hydrogens (tertiary/aromatic N) is 3. The molecule has 10 heteroatoms. The molecule has 34 heavy (non-hydrogen) atoms. The van der Waals surface area contributed by atoms with E-state index in [0.29, 0.717) is 18.0 Å². The van der Waals surface area contributed by atoms with Gasteiger partial charge in [0, 0.05) is 29.7 Å². The molecule has 2 unspecified atom stereocenters. The van der Waals surface area contributed by atoms with Crippen LogP contribution in [-0.4, -0.2) is 48.3 Å². The van der Waals surface area contributed by atoms with Crippen LogP contribution < -0.4 is 16.8 Å². The van der Waals surface area contributed by atoms with Gasteiger partial charge in [-0.2, -0.15) is 4.98 Å². The van der Waals surface area contributed by atoms with Gasteiger partial charge in [-0.05, 0) is 61.0 Å². The first kappa shape index (κ1) is 24.3. The molecule has 4 rings (SSSR count). The van der Waals surface area contributed by atoms with Crippen molar-refractivity contribution in [1.29, 1.82) is 0 Å². The van der Waals surface area contributed by atoms with E-state index in [1.807, 2.05) is 4.90 Å². The first-order valence-electron chi connectivity index (χ1n) is 11.2. The van der Waals surface area contributed by atoms with Gasteiger partial charge >= 0.3 is 0 Å². The topological polar surface area (TPSA) is 127 Å². The molecule has 1 aromatic carbocycles. The lowest BCUT2D eigenvalue weighted by molar-refractivity contribution is 0.172. The van der Waals surface area contributed by atoms with E-state index in [1.165, 1.54) is 17.2 Å². The summed E-state index contributed by atoms with van der Waals surface area (Å²) in [7, 11) is -3.64. The van der Waals surface area contributed by atoms with E-state index in [9.17, 15) is 8.42 Å². The highest BCUT2D eigenvalue weighted by Crippen LogP contribution is 2.29. The fourth-order valence-electron chi connectivity index (χ4n) is 4.38. The number of nitrogens with two attached hydrogens (primary N) is 2. The Balaban J connectivity index is 1.44. The van der Waals surface area contributed by atoms with Gasteiger partial charge in [0.2, 0.25) is 5.95 Å². The second-order valence-corrected chi connectivity index (χ2v) is 11.5. The molecule has 8 nitrogen and oxygen atoms in total. The Hall–Kier alpha value is -2.79. The molecule has 3 heterocycles. The number of hydrogen-bond acceptors (Lipinski definition) is 9. The van der Waals surface area contributed by atoms with Crippen LogP contribution in [0.4, 0.5) is 11.8 Å². The standard InChI is InChI=1S/C24H30N6O2S2/c1-2-22(30-11-3-5-17(16-30)13-27-14-19-6-4-12-33-19)34(31,32)20-9-7-18(8-10-20)21-15-28-24(26)29-23(21)25/h2,4,6-10,12,15,17,22,27H,1,3,5,11,13-14,16H2,(H4,25,26,28,29). The van der Waals surface area contributed by atoms with Crippen LogP contribution >= 0.6 is 11.3 Å². The predicted molar refractivity (Wildman–Crippen MR) is 138 cm³/mol. The number of rotatable bonds is 9. The highest BCUT2D eigenvalue weighted by molar-refractivity contribution is 7.92. The number of likely N-dealkylation sites (tertiary alicyclic amines) is 1. The van der Waals surface area contributed by atoms with Crippen LogP contribution in [0.15, 0.2) is 65.5 Å². The SMILES string of the molecule is C=CC(N1CCCC(CNCc2cccs2)C1)S(=O)(=O)c1ccc(-c2cnc(N)nc2N)cc1. The van der Waals surface area contributed by atoms with Gasteiger partial charge < -0.3 is 16.8 Å². The van der Waals surface area contributed by atoms with E-state index >= 15 is 0 Å². The molecule has 0 saturated carbocycles. The molecule has 0 aliphatic carbocycles. The number of nitrogens with one attached hydrogen (secondary N) is 1. The summed E-state index contributed by atoms with van der Waals surface area (Å²) in [5.74, 6) is 0.734. The summed E-state index contributed by atoms with van der Waals surface area (Å²) >= 11 is 1.74. The first-order chi connectivity index (χ1) is 16.4. The van der Waals surface area contributed by atoms with Crippen LogP contribution in [0.2, 0.25) is 0 Å². The van der Waals surface area contributed by atoms with Crippen LogP contribution in [0.1, 0.15) is 17.7 Å². The third kappa shape index (κ3) is 5.47. The molecule has 1 aliphatic rings. The van der Waals surface area contributed by atoms with E-state index in [4.69, 9.17) is 11.5 Å². The summed E-state index contributed by atoms with van der Waals surface area (Å²) in [6.45, 7) is 7.00. The van der Waals surface area contributed by atoms with E-state index in [0.717, 1.165) is 38.0 Å². The van der Waals surface area contributed by atoms with E-state index < -0.39 is 15.2 Å². The number of benzene rings is 1. The summed E-state index contributed by atoms with van der Waals surface area (Å²) in [5.41, 5.74) is 12.8. The Kier molecular flexibility index (Phi) is 7.62. The minimum atomic E-state index is -3.64. The number of hydrogen-bond donors (Lipinski definition) is 3. The number of piperidine rings is 1. The van der Waals surface area contributed by atoms with Crippen LogP contribution in [0, 0.1) is 5.92 Å². The van der Waals surface area contributed by atoms with Crippen molar-refractivity contribution in [2.24, 2.45) is 5.92 Å². The second-order valence-electron chi connectivity index (χ2n) is 8.44. The van der Waals surface area contributed by atoms with Gasteiger partial charge in [0.1, 0.15) is 11.2 Å². The maximum Gasteiger partial charge on any atom is 0.221 e. The Morgan fingerprint density at radius 2 is 2.06 bits per heavy atom. The van der Waals surface area contributed by atoms with Crippen LogP contribution in [0.5, 0.6) is 0 Å². The van der Waals surface area contributed by atoms with Gasteiger partial charge in [0.25, 0.3) is 0 Å². The molecule has 1 aliphatic heterocycles. The van der Waals surface area contributed by atoms with Crippen molar-refractivity contribution in [3.05, 3.63) is 65.5 Å². The molecule has 1 fully saturated rings.